The zero-order valence-corrected chi connectivity index (χ0v) is 16.0. The van der Waals surface area contributed by atoms with Crippen LogP contribution in [0.15, 0.2) is 22.7 Å². The van der Waals surface area contributed by atoms with Crippen molar-refractivity contribution in [3.63, 3.8) is 0 Å². The van der Waals surface area contributed by atoms with Crippen LogP contribution in [0.5, 0.6) is 11.6 Å². The zero-order valence-electron chi connectivity index (χ0n) is 16.0. The van der Waals surface area contributed by atoms with E-state index in [0.717, 1.165) is 37.5 Å². The molecule has 2 fully saturated rings. The molecule has 2 heterocycles. The molecule has 2 aromatic rings. The van der Waals surface area contributed by atoms with Gasteiger partial charge < -0.3 is 28.7 Å². The first-order chi connectivity index (χ1) is 13.7. The number of hydrogen-bond acceptors (Lipinski definition) is 6. The number of methoxy groups -OCH3 is 1. The van der Waals surface area contributed by atoms with Crippen molar-refractivity contribution in [2.24, 2.45) is 5.92 Å². The van der Waals surface area contributed by atoms with Crippen molar-refractivity contribution in [3.8, 4) is 11.6 Å². The highest BCUT2D eigenvalue weighted by Gasteiger charge is 2.30. The SMILES string of the molecule is CO[C@@H]1CCC[C@@H]1Oc1cccc2onc(OCC3CCN(C(=O)O)CC3)c12. The smallest absolute Gasteiger partial charge is 0.407 e. The topological polar surface area (TPSA) is 94.3 Å². The van der Waals surface area contributed by atoms with Crippen LogP contribution >= 0.6 is 0 Å². The molecule has 1 aliphatic carbocycles. The van der Waals surface area contributed by atoms with E-state index in [1.165, 1.54) is 4.90 Å². The highest BCUT2D eigenvalue weighted by molar-refractivity contribution is 5.88. The Labute approximate surface area is 163 Å². The molecule has 1 aromatic heterocycles. The van der Waals surface area contributed by atoms with Crippen molar-refractivity contribution in [1.29, 1.82) is 0 Å². The normalized spacial score (nSPS) is 23.2. The summed E-state index contributed by atoms with van der Waals surface area (Å²) in [6.45, 7) is 1.56. The van der Waals surface area contributed by atoms with Gasteiger partial charge in [0.2, 0.25) is 0 Å². The van der Waals surface area contributed by atoms with Gasteiger partial charge >= 0.3 is 6.09 Å². The molecule has 1 amide bonds. The summed E-state index contributed by atoms with van der Waals surface area (Å²) in [4.78, 5) is 12.5. The first kappa shape index (κ1) is 18.9. The van der Waals surface area contributed by atoms with Crippen LogP contribution in [-0.4, -0.2) is 60.3 Å². The number of fused-ring (bicyclic) bond motifs is 1. The van der Waals surface area contributed by atoms with E-state index in [1.807, 2.05) is 18.2 Å². The fourth-order valence-corrected chi connectivity index (χ4v) is 4.08. The molecule has 8 heteroatoms. The number of benzene rings is 1. The third-order valence-corrected chi connectivity index (χ3v) is 5.74. The lowest BCUT2D eigenvalue weighted by Gasteiger charge is -2.29. The van der Waals surface area contributed by atoms with Crippen LogP contribution in [0.4, 0.5) is 4.79 Å². The molecule has 1 saturated heterocycles. The van der Waals surface area contributed by atoms with Crippen LogP contribution in [0, 0.1) is 5.92 Å². The lowest BCUT2D eigenvalue weighted by Crippen LogP contribution is -2.38. The van der Waals surface area contributed by atoms with Gasteiger partial charge in [0.05, 0.1) is 12.7 Å². The zero-order chi connectivity index (χ0) is 19.5. The third-order valence-electron chi connectivity index (χ3n) is 5.74. The summed E-state index contributed by atoms with van der Waals surface area (Å²) in [5.41, 5.74) is 0.625. The summed E-state index contributed by atoms with van der Waals surface area (Å²) in [6.07, 6.45) is 3.85. The van der Waals surface area contributed by atoms with Gasteiger partial charge in [0.15, 0.2) is 5.58 Å². The Morgan fingerprint density at radius 3 is 2.79 bits per heavy atom. The van der Waals surface area contributed by atoms with E-state index in [-0.39, 0.29) is 12.2 Å². The number of likely N-dealkylation sites (tertiary alicyclic amines) is 1. The molecular weight excluding hydrogens is 364 g/mol. The van der Waals surface area contributed by atoms with Crippen molar-refractivity contribution in [2.75, 3.05) is 26.8 Å². The minimum absolute atomic E-state index is 0.0127. The lowest BCUT2D eigenvalue weighted by molar-refractivity contribution is 0.0235. The average Bonchev–Trinajstić information content (AvgIpc) is 3.33. The first-order valence-corrected chi connectivity index (χ1v) is 9.84. The van der Waals surface area contributed by atoms with Gasteiger partial charge in [-0.25, -0.2) is 4.79 Å². The molecule has 0 unspecified atom stereocenters. The molecule has 1 N–H and O–H groups in total. The van der Waals surface area contributed by atoms with Gasteiger partial charge in [-0.05, 0) is 55.3 Å². The fraction of sp³-hybridized carbons (Fsp3) is 0.600. The summed E-state index contributed by atoms with van der Waals surface area (Å²) in [5.74, 6) is 1.42. The Morgan fingerprint density at radius 1 is 1.25 bits per heavy atom. The molecular formula is C20H26N2O6. The predicted molar refractivity (Wildman–Crippen MR) is 101 cm³/mol. The van der Waals surface area contributed by atoms with Gasteiger partial charge in [0.25, 0.3) is 5.88 Å². The summed E-state index contributed by atoms with van der Waals surface area (Å²) in [6, 6.07) is 5.63. The van der Waals surface area contributed by atoms with E-state index < -0.39 is 6.09 Å². The summed E-state index contributed by atoms with van der Waals surface area (Å²) in [5, 5.41) is 13.9. The van der Waals surface area contributed by atoms with Gasteiger partial charge in [0.1, 0.15) is 17.2 Å². The Kier molecular flexibility index (Phi) is 5.57. The maximum absolute atomic E-state index is 11.0. The molecule has 0 bridgehead atoms. The van der Waals surface area contributed by atoms with Gasteiger partial charge in [-0.1, -0.05) is 6.07 Å². The molecule has 8 nitrogen and oxygen atoms in total. The second-order valence-corrected chi connectivity index (χ2v) is 7.50. The highest BCUT2D eigenvalue weighted by Crippen LogP contribution is 2.37. The van der Waals surface area contributed by atoms with Crippen LogP contribution in [0.3, 0.4) is 0 Å². The molecule has 4 rings (SSSR count). The second-order valence-electron chi connectivity index (χ2n) is 7.50. The van der Waals surface area contributed by atoms with Crippen molar-refractivity contribution in [2.45, 2.75) is 44.3 Å². The molecule has 152 valence electrons. The summed E-state index contributed by atoms with van der Waals surface area (Å²) >= 11 is 0. The number of rotatable bonds is 6. The van der Waals surface area contributed by atoms with Crippen molar-refractivity contribution in [1.82, 2.24) is 10.1 Å². The number of amides is 1. The molecule has 0 spiro atoms. The maximum atomic E-state index is 11.0. The van der Waals surface area contributed by atoms with Crippen molar-refractivity contribution in [3.05, 3.63) is 18.2 Å². The second kappa shape index (κ2) is 8.26. The number of aromatic nitrogens is 1. The number of ether oxygens (including phenoxy) is 3. The minimum atomic E-state index is -0.857. The monoisotopic (exact) mass is 390 g/mol. The van der Waals surface area contributed by atoms with Crippen molar-refractivity contribution >= 4 is 17.1 Å². The number of hydrogen-bond donors (Lipinski definition) is 1. The van der Waals surface area contributed by atoms with Crippen LogP contribution in [-0.2, 0) is 4.74 Å². The number of nitrogens with zero attached hydrogens (tertiary/aromatic N) is 2. The standard InChI is InChI=1S/C20H26N2O6/c1-25-14-4-2-5-15(14)27-16-6-3-7-17-18(16)19(21-28-17)26-12-13-8-10-22(11-9-13)20(23)24/h3,6-7,13-15H,2,4-5,8-12H2,1H3,(H,23,24)/t14-,15+/m1/s1. The molecule has 2 atom stereocenters. The van der Waals surface area contributed by atoms with Gasteiger partial charge in [-0.15, -0.1) is 0 Å². The quantitative estimate of drug-likeness (QED) is 0.806. The predicted octanol–water partition coefficient (Wildman–Crippen LogP) is 3.54. The van der Waals surface area contributed by atoms with Crippen LogP contribution in [0.2, 0.25) is 0 Å². The molecule has 1 saturated carbocycles. The molecule has 1 aliphatic heterocycles. The molecule has 28 heavy (non-hydrogen) atoms. The van der Waals surface area contributed by atoms with E-state index in [2.05, 4.69) is 5.16 Å². The minimum Gasteiger partial charge on any atom is -0.487 e. The molecule has 2 aliphatic rings. The fourth-order valence-electron chi connectivity index (χ4n) is 4.08. The summed E-state index contributed by atoms with van der Waals surface area (Å²) < 4.78 is 23.2. The Morgan fingerprint density at radius 2 is 2.04 bits per heavy atom. The van der Waals surface area contributed by atoms with Crippen LogP contribution in [0.25, 0.3) is 11.0 Å². The number of piperidine rings is 1. The lowest BCUT2D eigenvalue weighted by atomic mass is 9.98. The van der Waals surface area contributed by atoms with E-state index in [4.69, 9.17) is 23.8 Å². The van der Waals surface area contributed by atoms with E-state index >= 15 is 0 Å². The maximum Gasteiger partial charge on any atom is 0.407 e. The highest BCUT2D eigenvalue weighted by atomic mass is 16.5. The average molecular weight is 390 g/mol. The largest absolute Gasteiger partial charge is 0.487 e. The number of carboxylic acid groups (broad SMARTS) is 1. The van der Waals surface area contributed by atoms with Crippen molar-refractivity contribution < 1.29 is 28.6 Å². The van der Waals surface area contributed by atoms with Gasteiger partial charge in [0, 0.05) is 20.2 Å². The Hall–Kier alpha value is -2.48. The number of carbonyl (C=O) groups is 1. The third kappa shape index (κ3) is 3.87. The van der Waals surface area contributed by atoms with E-state index in [1.54, 1.807) is 7.11 Å². The Bertz CT molecular complexity index is 814. The summed E-state index contributed by atoms with van der Waals surface area (Å²) in [7, 11) is 1.72. The van der Waals surface area contributed by atoms with E-state index in [9.17, 15) is 4.79 Å². The molecule has 1 aromatic carbocycles. The Balaban J connectivity index is 1.44. The van der Waals surface area contributed by atoms with Gasteiger partial charge in [-0.2, -0.15) is 0 Å². The van der Waals surface area contributed by atoms with Gasteiger partial charge in [-0.3, -0.25) is 0 Å². The van der Waals surface area contributed by atoms with Crippen LogP contribution < -0.4 is 9.47 Å². The first-order valence-electron chi connectivity index (χ1n) is 9.84. The van der Waals surface area contributed by atoms with E-state index in [0.29, 0.717) is 42.8 Å². The molecule has 0 radical (unpaired) electrons. The van der Waals surface area contributed by atoms with Crippen LogP contribution in [0.1, 0.15) is 32.1 Å².